The lowest BCUT2D eigenvalue weighted by atomic mass is 10.0. The molecule has 3 aromatic carbocycles. The van der Waals surface area contributed by atoms with Gasteiger partial charge in [0.2, 0.25) is 0 Å². The molecule has 7 nitrogen and oxygen atoms in total. The predicted molar refractivity (Wildman–Crippen MR) is 159 cm³/mol. The number of para-hydroxylation sites is 1. The molecule has 0 aliphatic carbocycles. The second-order valence-electron chi connectivity index (χ2n) is 10.2. The van der Waals surface area contributed by atoms with E-state index < -0.39 is 0 Å². The summed E-state index contributed by atoms with van der Waals surface area (Å²) in [4.78, 5) is 17.5. The standard InChI is InChI=1S/C33H26FN7/c1-20-10-23(13-25(34)11-20)26-8-5-9-28-31(26)39-33(38-28)32-27-14-29(37-19-30(27)40-41-32)24-12-22(17-36-18-24)16-35-15-21-6-3-2-4-7-21/h2-14,17-19,35H,15-16H2,1H3,(H,38,39)(H,40,41). The van der Waals surface area contributed by atoms with Crippen molar-refractivity contribution >= 4 is 21.9 Å². The summed E-state index contributed by atoms with van der Waals surface area (Å²) < 4.78 is 14.2. The highest BCUT2D eigenvalue weighted by atomic mass is 19.1. The fourth-order valence-electron chi connectivity index (χ4n) is 5.20. The van der Waals surface area contributed by atoms with Crippen LogP contribution in [0.1, 0.15) is 16.7 Å². The first kappa shape index (κ1) is 24.8. The average molecular weight is 540 g/mol. The zero-order valence-corrected chi connectivity index (χ0v) is 22.3. The molecule has 41 heavy (non-hydrogen) atoms. The third-order valence-corrected chi connectivity index (χ3v) is 7.13. The summed E-state index contributed by atoms with van der Waals surface area (Å²) in [5, 5.41) is 12.0. The number of nitrogens with zero attached hydrogens (tertiary/aromatic N) is 4. The highest BCUT2D eigenvalue weighted by molar-refractivity contribution is 5.97. The van der Waals surface area contributed by atoms with Crippen LogP contribution in [0.5, 0.6) is 0 Å². The lowest BCUT2D eigenvalue weighted by Crippen LogP contribution is -2.12. The number of imidazole rings is 1. The number of benzene rings is 3. The molecule has 0 saturated heterocycles. The Morgan fingerprint density at radius 2 is 1.68 bits per heavy atom. The summed E-state index contributed by atoms with van der Waals surface area (Å²) in [5.41, 5.74) is 9.64. The molecule has 0 atom stereocenters. The number of pyridine rings is 2. The van der Waals surface area contributed by atoms with E-state index in [0.29, 0.717) is 18.1 Å². The number of aromatic amines is 2. The lowest BCUT2D eigenvalue weighted by molar-refractivity contribution is 0.627. The maximum atomic E-state index is 14.2. The van der Waals surface area contributed by atoms with Gasteiger partial charge in [0.25, 0.3) is 0 Å². The zero-order chi connectivity index (χ0) is 27.8. The van der Waals surface area contributed by atoms with Crippen LogP contribution in [0.4, 0.5) is 4.39 Å². The van der Waals surface area contributed by atoms with E-state index in [9.17, 15) is 4.39 Å². The first-order chi connectivity index (χ1) is 20.1. The second-order valence-corrected chi connectivity index (χ2v) is 10.2. The summed E-state index contributed by atoms with van der Waals surface area (Å²) in [6.07, 6.45) is 5.48. The number of fused-ring (bicyclic) bond motifs is 2. The van der Waals surface area contributed by atoms with Crippen molar-refractivity contribution in [1.29, 1.82) is 0 Å². The van der Waals surface area contributed by atoms with E-state index in [2.05, 4.69) is 48.7 Å². The van der Waals surface area contributed by atoms with Crippen LogP contribution in [-0.4, -0.2) is 30.1 Å². The molecule has 7 aromatic rings. The summed E-state index contributed by atoms with van der Waals surface area (Å²) >= 11 is 0. The quantitative estimate of drug-likeness (QED) is 0.203. The Labute approximate surface area is 235 Å². The maximum Gasteiger partial charge on any atom is 0.159 e. The van der Waals surface area contributed by atoms with Crippen molar-refractivity contribution in [2.75, 3.05) is 0 Å². The number of aromatic nitrogens is 6. The molecule has 0 unspecified atom stereocenters. The number of hydrogen-bond donors (Lipinski definition) is 3. The molecular weight excluding hydrogens is 513 g/mol. The molecular formula is C33H26FN7. The Balaban J connectivity index is 1.21. The van der Waals surface area contributed by atoms with Crippen LogP contribution < -0.4 is 5.32 Å². The van der Waals surface area contributed by atoms with Crippen molar-refractivity contribution in [2.24, 2.45) is 0 Å². The van der Waals surface area contributed by atoms with Gasteiger partial charge in [0.1, 0.15) is 11.5 Å². The van der Waals surface area contributed by atoms with Gasteiger partial charge in [-0.2, -0.15) is 5.10 Å². The Kier molecular flexibility index (Phi) is 6.29. The summed E-state index contributed by atoms with van der Waals surface area (Å²) in [6, 6.07) is 25.3. The van der Waals surface area contributed by atoms with E-state index in [1.807, 2.05) is 67.8 Å². The largest absolute Gasteiger partial charge is 0.337 e. The van der Waals surface area contributed by atoms with Gasteiger partial charge in [0.15, 0.2) is 5.82 Å². The van der Waals surface area contributed by atoms with Crippen LogP contribution in [0.25, 0.3) is 55.8 Å². The fourth-order valence-corrected chi connectivity index (χ4v) is 5.20. The average Bonchev–Trinajstić information content (AvgIpc) is 3.61. The number of hydrogen-bond acceptors (Lipinski definition) is 5. The molecule has 7 rings (SSSR count). The molecule has 0 bridgehead atoms. The van der Waals surface area contributed by atoms with Gasteiger partial charge in [-0.3, -0.25) is 15.1 Å². The van der Waals surface area contributed by atoms with Crippen molar-refractivity contribution in [1.82, 2.24) is 35.5 Å². The SMILES string of the molecule is Cc1cc(F)cc(-c2cccc3[nH]c(-c4n[nH]c5cnc(-c6cncc(CNCc7ccccc7)c6)cc45)nc23)c1. The molecule has 0 saturated carbocycles. The van der Waals surface area contributed by atoms with E-state index in [1.54, 1.807) is 6.20 Å². The first-order valence-electron chi connectivity index (χ1n) is 13.4. The number of halogens is 1. The molecule has 200 valence electrons. The van der Waals surface area contributed by atoms with Crippen LogP contribution in [0.15, 0.2) is 97.5 Å². The molecule has 3 N–H and O–H groups in total. The van der Waals surface area contributed by atoms with Gasteiger partial charge in [-0.05, 0) is 59.5 Å². The van der Waals surface area contributed by atoms with Crippen molar-refractivity contribution < 1.29 is 4.39 Å². The van der Waals surface area contributed by atoms with Crippen molar-refractivity contribution in [2.45, 2.75) is 20.0 Å². The van der Waals surface area contributed by atoms with E-state index >= 15 is 0 Å². The van der Waals surface area contributed by atoms with E-state index in [-0.39, 0.29) is 5.82 Å². The molecule has 0 aliphatic heterocycles. The van der Waals surface area contributed by atoms with Crippen molar-refractivity contribution in [3.05, 3.63) is 120 Å². The zero-order valence-electron chi connectivity index (χ0n) is 22.3. The summed E-state index contributed by atoms with van der Waals surface area (Å²) in [5.74, 6) is 0.359. The minimum Gasteiger partial charge on any atom is -0.337 e. The van der Waals surface area contributed by atoms with Crippen LogP contribution in [-0.2, 0) is 13.1 Å². The highest BCUT2D eigenvalue weighted by Crippen LogP contribution is 2.33. The predicted octanol–water partition coefficient (Wildman–Crippen LogP) is 6.97. The molecule has 4 aromatic heterocycles. The minimum absolute atomic E-state index is 0.267. The van der Waals surface area contributed by atoms with Gasteiger partial charge >= 0.3 is 0 Å². The van der Waals surface area contributed by atoms with Gasteiger partial charge in [0, 0.05) is 42.0 Å². The van der Waals surface area contributed by atoms with Gasteiger partial charge < -0.3 is 10.3 Å². The Morgan fingerprint density at radius 1 is 0.805 bits per heavy atom. The molecule has 0 radical (unpaired) electrons. The highest BCUT2D eigenvalue weighted by Gasteiger charge is 2.17. The molecule has 0 fully saturated rings. The number of nitrogens with one attached hydrogen (secondary N) is 3. The summed E-state index contributed by atoms with van der Waals surface area (Å²) in [7, 11) is 0. The van der Waals surface area contributed by atoms with Gasteiger partial charge in [-0.25, -0.2) is 9.37 Å². The van der Waals surface area contributed by atoms with Gasteiger partial charge in [0.05, 0.1) is 28.4 Å². The van der Waals surface area contributed by atoms with Gasteiger partial charge in [-0.15, -0.1) is 0 Å². The van der Waals surface area contributed by atoms with Gasteiger partial charge in [-0.1, -0.05) is 48.5 Å². The Hall–Kier alpha value is -5.21. The maximum absolute atomic E-state index is 14.2. The molecule has 0 amide bonds. The minimum atomic E-state index is -0.267. The number of H-pyrrole nitrogens is 2. The van der Waals surface area contributed by atoms with E-state index in [4.69, 9.17) is 4.98 Å². The molecule has 0 spiro atoms. The van der Waals surface area contributed by atoms with Crippen LogP contribution in [0.2, 0.25) is 0 Å². The third kappa shape index (κ3) is 4.97. The molecule has 4 heterocycles. The summed E-state index contributed by atoms with van der Waals surface area (Å²) in [6.45, 7) is 3.36. The van der Waals surface area contributed by atoms with Crippen LogP contribution in [0.3, 0.4) is 0 Å². The van der Waals surface area contributed by atoms with Crippen LogP contribution >= 0.6 is 0 Å². The molecule has 8 heteroatoms. The topological polar surface area (TPSA) is 95.2 Å². The second kappa shape index (κ2) is 10.4. The van der Waals surface area contributed by atoms with Crippen LogP contribution in [0, 0.1) is 12.7 Å². The lowest BCUT2D eigenvalue weighted by Gasteiger charge is -2.07. The number of aryl methyl sites for hydroxylation is 1. The third-order valence-electron chi connectivity index (χ3n) is 7.13. The number of rotatable bonds is 7. The van der Waals surface area contributed by atoms with Crippen molar-refractivity contribution in [3.63, 3.8) is 0 Å². The Bertz CT molecular complexity index is 1990. The first-order valence-corrected chi connectivity index (χ1v) is 13.4. The smallest absolute Gasteiger partial charge is 0.159 e. The molecule has 0 aliphatic rings. The van der Waals surface area contributed by atoms with E-state index in [1.165, 1.54) is 17.7 Å². The van der Waals surface area contributed by atoms with E-state index in [0.717, 1.165) is 62.0 Å². The van der Waals surface area contributed by atoms with Crippen molar-refractivity contribution in [3.8, 4) is 33.9 Å². The Morgan fingerprint density at radius 3 is 2.56 bits per heavy atom. The monoisotopic (exact) mass is 539 g/mol. The normalized spacial score (nSPS) is 11.5. The fraction of sp³-hybridized carbons (Fsp3) is 0.0909.